The molecule has 3 rings (SSSR count). The van der Waals surface area contributed by atoms with Crippen LogP contribution in [-0.4, -0.2) is 60.9 Å². The van der Waals surface area contributed by atoms with Gasteiger partial charge in [0, 0.05) is 39.3 Å². The number of halogens is 1. The first-order valence-electron chi connectivity index (χ1n) is 9.82. The van der Waals surface area contributed by atoms with Gasteiger partial charge in [-0.05, 0) is 51.2 Å². The summed E-state index contributed by atoms with van der Waals surface area (Å²) >= 11 is 0. The molecule has 1 amide bonds. The number of hydrogen-bond acceptors (Lipinski definition) is 3. The summed E-state index contributed by atoms with van der Waals surface area (Å²) in [7, 11) is 0. The third kappa shape index (κ3) is 6.26. The molecular formula is C20H31IN4O2. The first kappa shape index (κ1) is 21.8. The van der Waals surface area contributed by atoms with Crippen molar-refractivity contribution in [2.75, 3.05) is 39.3 Å². The van der Waals surface area contributed by atoms with Crippen LogP contribution in [0.15, 0.2) is 39.5 Å². The third-order valence-electron chi connectivity index (χ3n) is 5.01. The van der Waals surface area contributed by atoms with Crippen molar-refractivity contribution in [3.63, 3.8) is 0 Å². The summed E-state index contributed by atoms with van der Waals surface area (Å²) in [6.07, 6.45) is 10.1. The van der Waals surface area contributed by atoms with Crippen molar-refractivity contribution in [1.82, 2.24) is 15.1 Å². The standard InChI is InChI=1S/C20H30N4O2.HI/c1-2-21-20(22-11-10-17-7-4-3-5-8-17)24-14-12-23(13-15-24)19(25)18-9-6-16-26-18;/h6-7,9,16H,2-5,8,10-15H2,1H3,(H,21,22);1H. The number of nitrogens with zero attached hydrogens (tertiary/aromatic N) is 3. The van der Waals surface area contributed by atoms with Crippen LogP contribution in [0.1, 0.15) is 49.6 Å². The minimum absolute atomic E-state index is 0. The zero-order valence-electron chi connectivity index (χ0n) is 16.2. The van der Waals surface area contributed by atoms with Crippen LogP contribution in [0.25, 0.3) is 0 Å². The van der Waals surface area contributed by atoms with Crippen LogP contribution in [-0.2, 0) is 0 Å². The maximum Gasteiger partial charge on any atom is 0.289 e. The van der Waals surface area contributed by atoms with E-state index in [0.717, 1.165) is 38.6 Å². The van der Waals surface area contributed by atoms with Crippen molar-refractivity contribution in [2.24, 2.45) is 4.99 Å². The molecule has 27 heavy (non-hydrogen) atoms. The molecule has 0 unspecified atom stereocenters. The molecule has 2 heterocycles. The number of carbonyl (C=O) groups excluding carboxylic acids is 1. The molecule has 0 saturated carbocycles. The average molecular weight is 486 g/mol. The second-order valence-electron chi connectivity index (χ2n) is 6.85. The van der Waals surface area contributed by atoms with Crippen LogP contribution >= 0.6 is 24.0 Å². The molecule has 150 valence electrons. The van der Waals surface area contributed by atoms with Gasteiger partial charge in [-0.3, -0.25) is 9.79 Å². The zero-order chi connectivity index (χ0) is 18.2. The Hall–Kier alpha value is -1.51. The fraction of sp³-hybridized carbons (Fsp3) is 0.600. The summed E-state index contributed by atoms with van der Waals surface area (Å²) in [5.41, 5.74) is 1.56. The van der Waals surface area contributed by atoms with Gasteiger partial charge in [-0.1, -0.05) is 11.6 Å². The molecule has 7 heteroatoms. The molecule has 1 saturated heterocycles. The monoisotopic (exact) mass is 486 g/mol. The number of rotatable bonds is 5. The Kier molecular flexibility index (Phi) is 9.17. The predicted octanol–water partition coefficient (Wildman–Crippen LogP) is 3.51. The maximum atomic E-state index is 12.4. The first-order chi connectivity index (χ1) is 12.8. The second-order valence-corrected chi connectivity index (χ2v) is 6.85. The lowest BCUT2D eigenvalue weighted by Gasteiger charge is -2.36. The van der Waals surface area contributed by atoms with Crippen LogP contribution in [0.2, 0.25) is 0 Å². The van der Waals surface area contributed by atoms with Crippen LogP contribution in [0, 0.1) is 0 Å². The predicted molar refractivity (Wildman–Crippen MR) is 119 cm³/mol. The van der Waals surface area contributed by atoms with Crippen molar-refractivity contribution >= 4 is 35.8 Å². The van der Waals surface area contributed by atoms with Crippen LogP contribution in [0.5, 0.6) is 0 Å². The van der Waals surface area contributed by atoms with E-state index in [2.05, 4.69) is 23.2 Å². The second kappa shape index (κ2) is 11.4. The highest BCUT2D eigenvalue weighted by molar-refractivity contribution is 14.0. The molecule has 0 radical (unpaired) electrons. The van der Waals surface area contributed by atoms with E-state index in [0.29, 0.717) is 18.8 Å². The van der Waals surface area contributed by atoms with Crippen molar-refractivity contribution < 1.29 is 9.21 Å². The highest BCUT2D eigenvalue weighted by atomic mass is 127. The number of furan rings is 1. The van der Waals surface area contributed by atoms with Gasteiger partial charge in [0.25, 0.3) is 5.91 Å². The zero-order valence-corrected chi connectivity index (χ0v) is 18.5. The number of nitrogens with one attached hydrogen (secondary N) is 1. The smallest absolute Gasteiger partial charge is 0.289 e. The van der Waals surface area contributed by atoms with E-state index < -0.39 is 0 Å². The Morgan fingerprint density at radius 1 is 1.22 bits per heavy atom. The summed E-state index contributed by atoms with van der Waals surface area (Å²) in [5, 5.41) is 3.40. The lowest BCUT2D eigenvalue weighted by atomic mass is 9.97. The van der Waals surface area contributed by atoms with Gasteiger partial charge in [0.1, 0.15) is 0 Å². The van der Waals surface area contributed by atoms with Crippen LogP contribution in [0.4, 0.5) is 0 Å². The SMILES string of the molecule is CCNC(=NCCC1=CCCCC1)N1CCN(C(=O)c2ccco2)CC1.I. The van der Waals surface area contributed by atoms with E-state index in [9.17, 15) is 4.79 Å². The molecule has 6 nitrogen and oxygen atoms in total. The quantitative estimate of drug-likeness (QED) is 0.300. The van der Waals surface area contributed by atoms with Gasteiger partial charge in [0.15, 0.2) is 11.7 Å². The number of piperazine rings is 1. The van der Waals surface area contributed by atoms with Crippen molar-refractivity contribution in [3.05, 3.63) is 35.8 Å². The Bertz CT molecular complexity index is 634. The number of allylic oxidation sites excluding steroid dienone is 1. The maximum absolute atomic E-state index is 12.4. The summed E-state index contributed by atoms with van der Waals surface area (Å²) in [4.78, 5) is 21.3. The number of amides is 1. The molecule has 0 atom stereocenters. The van der Waals surface area contributed by atoms with Gasteiger partial charge in [-0.15, -0.1) is 24.0 Å². The Morgan fingerprint density at radius 2 is 2.00 bits per heavy atom. The largest absolute Gasteiger partial charge is 0.459 e. The molecule has 0 aromatic carbocycles. The van der Waals surface area contributed by atoms with E-state index in [4.69, 9.17) is 9.41 Å². The van der Waals surface area contributed by atoms with Crippen molar-refractivity contribution in [2.45, 2.75) is 39.0 Å². The Morgan fingerprint density at radius 3 is 2.63 bits per heavy atom. The molecule has 1 N–H and O–H groups in total. The molecule has 1 aliphatic carbocycles. The Balaban J connectivity index is 0.00000261. The highest BCUT2D eigenvalue weighted by Gasteiger charge is 2.25. The minimum Gasteiger partial charge on any atom is -0.459 e. The first-order valence-corrected chi connectivity index (χ1v) is 9.82. The number of carbonyl (C=O) groups is 1. The number of guanidine groups is 1. The van der Waals surface area contributed by atoms with Gasteiger partial charge >= 0.3 is 0 Å². The minimum atomic E-state index is -0.0270. The van der Waals surface area contributed by atoms with Crippen molar-refractivity contribution in [1.29, 1.82) is 0 Å². The topological polar surface area (TPSA) is 61.1 Å². The van der Waals surface area contributed by atoms with Gasteiger partial charge < -0.3 is 19.5 Å². The molecule has 2 aliphatic rings. The van der Waals surface area contributed by atoms with Gasteiger partial charge in [0.2, 0.25) is 0 Å². The Labute approximate surface area is 179 Å². The van der Waals surface area contributed by atoms with E-state index in [-0.39, 0.29) is 29.9 Å². The molecule has 1 aromatic heterocycles. The lowest BCUT2D eigenvalue weighted by Crippen LogP contribution is -2.53. The molecular weight excluding hydrogens is 455 g/mol. The summed E-state index contributed by atoms with van der Waals surface area (Å²) in [6.45, 7) is 6.74. The highest BCUT2D eigenvalue weighted by Crippen LogP contribution is 2.20. The van der Waals surface area contributed by atoms with E-state index in [1.807, 2.05) is 4.90 Å². The molecule has 1 fully saturated rings. The van der Waals surface area contributed by atoms with Gasteiger partial charge in [0.05, 0.1) is 6.26 Å². The fourth-order valence-electron chi connectivity index (χ4n) is 3.54. The van der Waals surface area contributed by atoms with Gasteiger partial charge in [-0.25, -0.2) is 0 Å². The van der Waals surface area contributed by atoms with E-state index in [1.54, 1.807) is 24.0 Å². The average Bonchev–Trinajstić information content (AvgIpc) is 3.23. The summed E-state index contributed by atoms with van der Waals surface area (Å²) < 4.78 is 5.23. The summed E-state index contributed by atoms with van der Waals surface area (Å²) in [6, 6.07) is 3.47. The van der Waals surface area contributed by atoms with Crippen molar-refractivity contribution in [3.8, 4) is 0 Å². The van der Waals surface area contributed by atoms with Crippen LogP contribution < -0.4 is 5.32 Å². The van der Waals surface area contributed by atoms with Gasteiger partial charge in [-0.2, -0.15) is 0 Å². The van der Waals surface area contributed by atoms with Crippen LogP contribution in [0.3, 0.4) is 0 Å². The third-order valence-corrected chi connectivity index (χ3v) is 5.01. The normalized spacial score (nSPS) is 18.0. The summed E-state index contributed by atoms with van der Waals surface area (Å²) in [5.74, 6) is 1.36. The molecule has 1 aromatic rings. The number of aliphatic imine (C=N–C) groups is 1. The number of hydrogen-bond donors (Lipinski definition) is 1. The van der Waals surface area contributed by atoms with E-state index >= 15 is 0 Å². The van der Waals surface area contributed by atoms with E-state index in [1.165, 1.54) is 25.7 Å². The molecule has 0 bridgehead atoms. The molecule has 1 aliphatic heterocycles. The molecule has 0 spiro atoms. The fourth-order valence-corrected chi connectivity index (χ4v) is 3.54. The lowest BCUT2D eigenvalue weighted by molar-refractivity contribution is 0.0657.